The molecule has 0 aliphatic carbocycles. The maximum Gasteiger partial charge on any atom is 0.0457 e. The van der Waals surface area contributed by atoms with Crippen molar-refractivity contribution in [3.05, 3.63) is 53.3 Å². The van der Waals surface area contributed by atoms with Gasteiger partial charge in [0.25, 0.3) is 0 Å². The van der Waals surface area contributed by atoms with Crippen molar-refractivity contribution in [3.8, 4) is 11.1 Å². The molecule has 1 heterocycles. The van der Waals surface area contributed by atoms with Crippen LogP contribution in [-0.4, -0.2) is 4.98 Å². The molecule has 0 fully saturated rings. The van der Waals surface area contributed by atoms with E-state index in [2.05, 4.69) is 37.9 Å². The average molecular weight is 246 g/mol. The third kappa shape index (κ3) is 2.86. The minimum absolute atomic E-state index is 0.0958. The summed E-state index contributed by atoms with van der Waals surface area (Å²) in [6, 6.07) is 12.0. The van der Waals surface area contributed by atoms with E-state index < -0.39 is 0 Å². The van der Waals surface area contributed by atoms with Gasteiger partial charge in [0.1, 0.15) is 0 Å². The van der Waals surface area contributed by atoms with E-state index in [1.807, 2.05) is 30.5 Å². The van der Waals surface area contributed by atoms with Gasteiger partial charge in [-0.05, 0) is 23.8 Å². The Morgan fingerprint density at radius 3 is 1.94 bits per heavy atom. The van der Waals surface area contributed by atoms with Crippen molar-refractivity contribution in [2.45, 2.75) is 26.2 Å². The van der Waals surface area contributed by atoms with E-state index in [9.17, 15) is 0 Å². The monoisotopic (exact) mass is 245 g/mol. The summed E-state index contributed by atoms with van der Waals surface area (Å²) in [6.07, 6.45) is 1.92. The van der Waals surface area contributed by atoms with Crippen LogP contribution in [0.15, 0.2) is 42.6 Å². The van der Waals surface area contributed by atoms with Gasteiger partial charge in [0.05, 0.1) is 0 Å². The number of rotatable bonds is 1. The molecule has 0 aliphatic rings. The lowest BCUT2D eigenvalue weighted by Crippen LogP contribution is -2.12. The predicted octanol–water partition coefficient (Wildman–Crippen LogP) is 4.70. The van der Waals surface area contributed by atoms with Crippen LogP contribution in [0.2, 0.25) is 5.02 Å². The molecule has 2 aromatic rings. The molecule has 1 nitrogen and oxygen atoms in total. The summed E-state index contributed by atoms with van der Waals surface area (Å²) in [7, 11) is 0. The lowest BCUT2D eigenvalue weighted by Gasteiger charge is -2.17. The molecule has 2 rings (SSSR count). The van der Waals surface area contributed by atoms with Crippen LogP contribution in [0.1, 0.15) is 26.5 Å². The Morgan fingerprint density at radius 1 is 0.882 bits per heavy atom. The first-order valence-electron chi connectivity index (χ1n) is 5.69. The summed E-state index contributed by atoms with van der Waals surface area (Å²) in [5.41, 5.74) is 3.46. The van der Waals surface area contributed by atoms with Crippen molar-refractivity contribution in [2.75, 3.05) is 0 Å². The highest BCUT2D eigenvalue weighted by Crippen LogP contribution is 2.24. The Hall–Kier alpha value is -1.34. The van der Waals surface area contributed by atoms with Crippen LogP contribution in [0.4, 0.5) is 0 Å². The van der Waals surface area contributed by atoms with Crippen LogP contribution < -0.4 is 0 Å². The molecule has 0 bridgehead atoms. The number of hydrogen-bond donors (Lipinski definition) is 0. The molecule has 0 spiro atoms. The highest BCUT2D eigenvalue weighted by Gasteiger charge is 2.14. The lowest BCUT2D eigenvalue weighted by atomic mass is 9.91. The number of nitrogens with zero attached hydrogens (tertiary/aromatic N) is 1. The van der Waals surface area contributed by atoms with Crippen molar-refractivity contribution in [3.63, 3.8) is 0 Å². The highest BCUT2D eigenvalue weighted by molar-refractivity contribution is 6.30. The molecular formula is C15H16ClN. The number of halogens is 1. The van der Waals surface area contributed by atoms with Crippen LogP contribution in [0.3, 0.4) is 0 Å². The van der Waals surface area contributed by atoms with Crippen molar-refractivity contribution < 1.29 is 0 Å². The summed E-state index contributed by atoms with van der Waals surface area (Å²) in [5.74, 6) is 0. The van der Waals surface area contributed by atoms with Gasteiger partial charge in [0.2, 0.25) is 0 Å². The Balaban J connectivity index is 2.33. The largest absolute Gasteiger partial charge is 0.260 e. The zero-order valence-electron chi connectivity index (χ0n) is 10.4. The summed E-state index contributed by atoms with van der Waals surface area (Å²) in [6.45, 7) is 6.49. The summed E-state index contributed by atoms with van der Waals surface area (Å²) < 4.78 is 0. The van der Waals surface area contributed by atoms with Gasteiger partial charge in [-0.25, -0.2) is 0 Å². The SMILES string of the molecule is CC(C)(C)c1ccc(-c2ccc(Cl)cc2)cn1. The van der Waals surface area contributed by atoms with E-state index in [0.717, 1.165) is 21.8 Å². The molecule has 0 amide bonds. The number of pyridine rings is 1. The quantitative estimate of drug-likeness (QED) is 0.710. The molecule has 0 radical (unpaired) electrons. The second-order valence-electron chi connectivity index (χ2n) is 5.19. The molecule has 0 atom stereocenters. The van der Waals surface area contributed by atoms with Crippen molar-refractivity contribution in [1.29, 1.82) is 0 Å². The topological polar surface area (TPSA) is 12.9 Å². The molecule has 0 unspecified atom stereocenters. The van der Waals surface area contributed by atoms with Crippen molar-refractivity contribution in [1.82, 2.24) is 4.98 Å². The summed E-state index contributed by atoms with van der Waals surface area (Å²) >= 11 is 5.87. The first-order valence-corrected chi connectivity index (χ1v) is 6.07. The van der Waals surface area contributed by atoms with Gasteiger partial charge < -0.3 is 0 Å². The minimum atomic E-state index is 0.0958. The number of hydrogen-bond acceptors (Lipinski definition) is 1. The molecular weight excluding hydrogens is 230 g/mol. The maximum atomic E-state index is 5.87. The molecule has 0 saturated heterocycles. The van der Waals surface area contributed by atoms with Gasteiger partial charge in [-0.3, -0.25) is 4.98 Å². The van der Waals surface area contributed by atoms with Gasteiger partial charge in [0.15, 0.2) is 0 Å². The van der Waals surface area contributed by atoms with Gasteiger partial charge in [0, 0.05) is 27.9 Å². The van der Waals surface area contributed by atoms with E-state index in [-0.39, 0.29) is 5.41 Å². The van der Waals surface area contributed by atoms with Crippen LogP contribution in [0, 0.1) is 0 Å². The van der Waals surface area contributed by atoms with E-state index in [1.54, 1.807) is 0 Å². The fourth-order valence-corrected chi connectivity index (χ4v) is 1.78. The molecule has 2 heteroatoms. The van der Waals surface area contributed by atoms with Gasteiger partial charge in [-0.15, -0.1) is 0 Å². The van der Waals surface area contributed by atoms with E-state index in [1.165, 1.54) is 0 Å². The molecule has 0 aliphatic heterocycles. The second-order valence-corrected chi connectivity index (χ2v) is 5.63. The predicted molar refractivity (Wildman–Crippen MR) is 73.4 cm³/mol. The molecule has 1 aromatic heterocycles. The Bertz CT molecular complexity index is 492. The van der Waals surface area contributed by atoms with Crippen molar-refractivity contribution in [2.24, 2.45) is 0 Å². The van der Waals surface area contributed by atoms with Gasteiger partial charge >= 0.3 is 0 Å². The highest BCUT2D eigenvalue weighted by atomic mass is 35.5. The van der Waals surface area contributed by atoms with E-state index in [4.69, 9.17) is 11.6 Å². The Kier molecular flexibility index (Phi) is 3.21. The average Bonchev–Trinajstić information content (AvgIpc) is 2.29. The van der Waals surface area contributed by atoms with E-state index >= 15 is 0 Å². The van der Waals surface area contributed by atoms with Crippen LogP contribution in [0.25, 0.3) is 11.1 Å². The minimum Gasteiger partial charge on any atom is -0.260 e. The Labute approximate surface area is 107 Å². The number of benzene rings is 1. The third-order valence-corrected chi connectivity index (χ3v) is 2.96. The molecule has 1 aromatic carbocycles. The molecule has 0 N–H and O–H groups in total. The second kappa shape index (κ2) is 4.50. The first-order chi connectivity index (χ1) is 7.97. The van der Waals surface area contributed by atoms with Crippen LogP contribution >= 0.6 is 11.6 Å². The van der Waals surface area contributed by atoms with Crippen LogP contribution in [-0.2, 0) is 5.41 Å². The van der Waals surface area contributed by atoms with E-state index in [0.29, 0.717) is 0 Å². The Morgan fingerprint density at radius 2 is 1.47 bits per heavy atom. The molecule has 0 saturated carbocycles. The van der Waals surface area contributed by atoms with Gasteiger partial charge in [-0.1, -0.05) is 50.6 Å². The molecule has 17 heavy (non-hydrogen) atoms. The number of aromatic nitrogens is 1. The molecule has 88 valence electrons. The fraction of sp³-hybridized carbons (Fsp3) is 0.267. The lowest BCUT2D eigenvalue weighted by molar-refractivity contribution is 0.569. The standard InChI is InChI=1S/C15H16ClN/c1-15(2,3)14-9-6-12(10-17-14)11-4-7-13(16)8-5-11/h4-10H,1-3H3. The maximum absolute atomic E-state index is 5.87. The zero-order chi connectivity index (χ0) is 12.5. The summed E-state index contributed by atoms with van der Waals surface area (Å²) in [4.78, 5) is 4.52. The normalized spacial score (nSPS) is 11.5. The first kappa shape index (κ1) is 12.1. The third-order valence-electron chi connectivity index (χ3n) is 2.71. The fourth-order valence-electron chi connectivity index (χ4n) is 1.65. The smallest absolute Gasteiger partial charge is 0.0457 e. The van der Waals surface area contributed by atoms with Gasteiger partial charge in [-0.2, -0.15) is 0 Å². The summed E-state index contributed by atoms with van der Waals surface area (Å²) in [5, 5.41) is 0.757. The van der Waals surface area contributed by atoms with Crippen molar-refractivity contribution >= 4 is 11.6 Å². The zero-order valence-corrected chi connectivity index (χ0v) is 11.1. The van der Waals surface area contributed by atoms with Crippen LogP contribution in [0.5, 0.6) is 0 Å².